The second-order valence-electron chi connectivity index (χ2n) is 4.16. The summed E-state index contributed by atoms with van der Waals surface area (Å²) in [7, 11) is 0. The maximum atomic E-state index is 5.47. The number of nitrogens with zero attached hydrogens (tertiary/aromatic N) is 1. The van der Waals surface area contributed by atoms with Crippen LogP contribution in [0.2, 0.25) is 0 Å². The standard InChI is InChI=1S/C10H21NO/c1-9(2)4-5-11-6-7-12-10(3)8-11/h9-10H,4-8H2,1-3H3/t10-/m1/s1. The highest BCUT2D eigenvalue weighted by Gasteiger charge is 2.15. The van der Waals surface area contributed by atoms with Gasteiger partial charge in [-0.15, -0.1) is 0 Å². The Morgan fingerprint density at radius 3 is 2.83 bits per heavy atom. The van der Waals surface area contributed by atoms with Crippen molar-refractivity contribution in [3.8, 4) is 0 Å². The van der Waals surface area contributed by atoms with E-state index in [2.05, 4.69) is 25.7 Å². The summed E-state index contributed by atoms with van der Waals surface area (Å²) in [6.45, 7) is 11.1. The van der Waals surface area contributed by atoms with Gasteiger partial charge >= 0.3 is 0 Å². The molecular weight excluding hydrogens is 150 g/mol. The van der Waals surface area contributed by atoms with E-state index in [-0.39, 0.29) is 0 Å². The van der Waals surface area contributed by atoms with Gasteiger partial charge in [-0.05, 0) is 25.8 Å². The number of hydrogen-bond acceptors (Lipinski definition) is 2. The van der Waals surface area contributed by atoms with Crippen LogP contribution in [0, 0.1) is 5.92 Å². The zero-order valence-corrected chi connectivity index (χ0v) is 8.55. The summed E-state index contributed by atoms with van der Waals surface area (Å²) in [4.78, 5) is 2.51. The van der Waals surface area contributed by atoms with E-state index >= 15 is 0 Å². The van der Waals surface area contributed by atoms with Gasteiger partial charge in [-0.3, -0.25) is 4.90 Å². The molecule has 0 aromatic carbocycles. The predicted molar refractivity (Wildman–Crippen MR) is 51.3 cm³/mol. The fourth-order valence-corrected chi connectivity index (χ4v) is 1.53. The maximum Gasteiger partial charge on any atom is 0.0674 e. The van der Waals surface area contributed by atoms with Gasteiger partial charge in [0.1, 0.15) is 0 Å². The zero-order chi connectivity index (χ0) is 8.97. The normalized spacial score (nSPS) is 26.5. The van der Waals surface area contributed by atoms with Crippen LogP contribution in [0.1, 0.15) is 27.2 Å². The molecule has 0 aromatic heterocycles. The second-order valence-corrected chi connectivity index (χ2v) is 4.16. The monoisotopic (exact) mass is 171 g/mol. The van der Waals surface area contributed by atoms with Gasteiger partial charge in [0.2, 0.25) is 0 Å². The van der Waals surface area contributed by atoms with Crippen LogP contribution in [-0.4, -0.2) is 37.2 Å². The van der Waals surface area contributed by atoms with Crippen LogP contribution >= 0.6 is 0 Å². The molecule has 0 radical (unpaired) electrons. The fourth-order valence-electron chi connectivity index (χ4n) is 1.53. The number of morpholine rings is 1. The van der Waals surface area contributed by atoms with Gasteiger partial charge in [0.25, 0.3) is 0 Å². The molecule has 1 saturated heterocycles. The Bertz CT molecular complexity index is 125. The number of rotatable bonds is 3. The van der Waals surface area contributed by atoms with Crippen molar-refractivity contribution in [2.45, 2.75) is 33.3 Å². The first-order valence-corrected chi connectivity index (χ1v) is 5.02. The Kier molecular flexibility index (Phi) is 4.02. The third-order valence-corrected chi connectivity index (χ3v) is 2.35. The minimum absolute atomic E-state index is 0.436. The first kappa shape index (κ1) is 10.0. The Morgan fingerprint density at radius 2 is 2.25 bits per heavy atom. The molecular formula is C10H21NO. The van der Waals surface area contributed by atoms with Gasteiger partial charge in [0, 0.05) is 13.1 Å². The van der Waals surface area contributed by atoms with Crippen LogP contribution in [0.15, 0.2) is 0 Å². The molecule has 1 rings (SSSR count). The molecule has 1 aliphatic rings. The molecule has 1 atom stereocenters. The van der Waals surface area contributed by atoms with Crippen molar-refractivity contribution < 1.29 is 4.74 Å². The van der Waals surface area contributed by atoms with Gasteiger partial charge in [-0.2, -0.15) is 0 Å². The highest BCUT2D eigenvalue weighted by Crippen LogP contribution is 2.07. The molecule has 1 aliphatic heterocycles. The first-order chi connectivity index (χ1) is 5.68. The summed E-state index contributed by atoms with van der Waals surface area (Å²) in [5, 5.41) is 0. The number of ether oxygens (including phenoxy) is 1. The lowest BCUT2D eigenvalue weighted by Gasteiger charge is -2.31. The van der Waals surface area contributed by atoms with Crippen LogP contribution < -0.4 is 0 Å². The summed E-state index contributed by atoms with van der Waals surface area (Å²) in [6.07, 6.45) is 1.75. The fraction of sp³-hybridized carbons (Fsp3) is 1.00. The van der Waals surface area contributed by atoms with Crippen molar-refractivity contribution in [1.82, 2.24) is 4.90 Å². The molecule has 72 valence electrons. The molecule has 12 heavy (non-hydrogen) atoms. The van der Waals surface area contributed by atoms with E-state index in [1.165, 1.54) is 13.0 Å². The molecule has 0 saturated carbocycles. The van der Waals surface area contributed by atoms with Crippen LogP contribution in [0.3, 0.4) is 0 Å². The molecule has 0 N–H and O–H groups in total. The van der Waals surface area contributed by atoms with Crippen LogP contribution in [0.5, 0.6) is 0 Å². The maximum absolute atomic E-state index is 5.47. The molecule has 0 amide bonds. The molecule has 1 heterocycles. The van der Waals surface area contributed by atoms with Gasteiger partial charge in [0.05, 0.1) is 12.7 Å². The van der Waals surface area contributed by atoms with Gasteiger partial charge in [-0.1, -0.05) is 13.8 Å². The Labute approximate surface area is 75.9 Å². The lowest BCUT2D eigenvalue weighted by atomic mass is 10.1. The van der Waals surface area contributed by atoms with E-state index in [1.54, 1.807) is 0 Å². The Morgan fingerprint density at radius 1 is 1.50 bits per heavy atom. The van der Waals surface area contributed by atoms with Crippen LogP contribution in [-0.2, 0) is 4.74 Å². The summed E-state index contributed by atoms with van der Waals surface area (Å²) < 4.78 is 5.47. The predicted octanol–water partition coefficient (Wildman–Crippen LogP) is 1.75. The first-order valence-electron chi connectivity index (χ1n) is 5.02. The third kappa shape index (κ3) is 3.55. The third-order valence-electron chi connectivity index (χ3n) is 2.35. The average molecular weight is 171 g/mol. The van der Waals surface area contributed by atoms with Crippen molar-refractivity contribution in [2.75, 3.05) is 26.2 Å². The minimum atomic E-state index is 0.436. The highest BCUT2D eigenvalue weighted by molar-refractivity contribution is 4.67. The quantitative estimate of drug-likeness (QED) is 0.641. The summed E-state index contributed by atoms with van der Waals surface area (Å²) in [5.41, 5.74) is 0. The van der Waals surface area contributed by atoms with Gasteiger partial charge in [-0.25, -0.2) is 0 Å². The van der Waals surface area contributed by atoms with Crippen LogP contribution in [0.4, 0.5) is 0 Å². The Balaban J connectivity index is 2.14. The molecule has 0 spiro atoms. The number of hydrogen-bond donors (Lipinski definition) is 0. The smallest absolute Gasteiger partial charge is 0.0674 e. The molecule has 1 fully saturated rings. The van der Waals surface area contributed by atoms with E-state index in [0.717, 1.165) is 25.6 Å². The zero-order valence-electron chi connectivity index (χ0n) is 8.55. The van der Waals surface area contributed by atoms with Gasteiger partial charge < -0.3 is 4.74 Å². The lowest BCUT2D eigenvalue weighted by Crippen LogP contribution is -2.41. The summed E-state index contributed by atoms with van der Waals surface area (Å²) in [6, 6.07) is 0. The summed E-state index contributed by atoms with van der Waals surface area (Å²) in [5.74, 6) is 0.822. The molecule has 0 aliphatic carbocycles. The van der Waals surface area contributed by atoms with Crippen molar-refractivity contribution in [2.24, 2.45) is 5.92 Å². The van der Waals surface area contributed by atoms with E-state index in [0.29, 0.717) is 6.10 Å². The molecule has 0 bridgehead atoms. The molecule has 2 nitrogen and oxygen atoms in total. The SMILES string of the molecule is CC(C)CCN1CCO[C@H](C)C1. The van der Waals surface area contributed by atoms with E-state index in [1.807, 2.05) is 0 Å². The highest BCUT2D eigenvalue weighted by atomic mass is 16.5. The average Bonchev–Trinajstić information content (AvgIpc) is 2.01. The van der Waals surface area contributed by atoms with Gasteiger partial charge in [0.15, 0.2) is 0 Å². The van der Waals surface area contributed by atoms with E-state index < -0.39 is 0 Å². The van der Waals surface area contributed by atoms with Crippen molar-refractivity contribution in [3.05, 3.63) is 0 Å². The molecule has 0 unspecified atom stereocenters. The van der Waals surface area contributed by atoms with Crippen molar-refractivity contribution in [3.63, 3.8) is 0 Å². The second kappa shape index (κ2) is 4.83. The topological polar surface area (TPSA) is 12.5 Å². The van der Waals surface area contributed by atoms with E-state index in [9.17, 15) is 0 Å². The van der Waals surface area contributed by atoms with Crippen molar-refractivity contribution >= 4 is 0 Å². The molecule has 0 aromatic rings. The minimum Gasteiger partial charge on any atom is -0.376 e. The van der Waals surface area contributed by atoms with Crippen LogP contribution in [0.25, 0.3) is 0 Å². The van der Waals surface area contributed by atoms with Crippen molar-refractivity contribution in [1.29, 1.82) is 0 Å². The lowest BCUT2D eigenvalue weighted by molar-refractivity contribution is -0.0193. The van der Waals surface area contributed by atoms with E-state index in [4.69, 9.17) is 4.74 Å². The largest absolute Gasteiger partial charge is 0.376 e. The Hall–Kier alpha value is -0.0800. The summed E-state index contributed by atoms with van der Waals surface area (Å²) >= 11 is 0. The molecule has 2 heteroatoms.